The summed E-state index contributed by atoms with van der Waals surface area (Å²) >= 11 is 0. The van der Waals surface area contributed by atoms with Gasteiger partial charge in [0.2, 0.25) is 11.8 Å². The number of aromatic nitrogens is 4. The van der Waals surface area contributed by atoms with E-state index in [1.165, 1.54) is 57.6 Å². The molecule has 68 heavy (non-hydrogen) atoms. The fraction of sp³-hybridized carbons (Fsp3) is 0.467. The molecule has 0 N–H and O–H groups in total. The molecular formula is C60H82N6O2. The van der Waals surface area contributed by atoms with Gasteiger partial charge in [-0.05, 0) is 110 Å². The molecule has 0 saturated carbocycles. The highest BCUT2D eigenvalue weighted by Crippen LogP contribution is 2.40. The molecule has 0 spiro atoms. The van der Waals surface area contributed by atoms with E-state index in [1.807, 2.05) is 92.6 Å². The third-order valence-corrected chi connectivity index (χ3v) is 13.6. The lowest BCUT2D eigenvalue weighted by Gasteiger charge is -2.33. The number of rotatable bonds is 12. The third kappa shape index (κ3) is 13.7. The van der Waals surface area contributed by atoms with Crippen LogP contribution >= 0.6 is 0 Å². The van der Waals surface area contributed by atoms with Gasteiger partial charge in [0.15, 0.2) is 0 Å². The van der Waals surface area contributed by atoms with Gasteiger partial charge in [0.25, 0.3) is 0 Å². The van der Waals surface area contributed by atoms with Crippen molar-refractivity contribution in [2.45, 2.75) is 158 Å². The Morgan fingerprint density at radius 3 is 1.24 bits per heavy atom. The van der Waals surface area contributed by atoms with Gasteiger partial charge in [-0.2, -0.15) is 0 Å². The first-order valence-electron chi connectivity index (χ1n) is 26.4. The Kier molecular flexibility index (Phi) is 22.3. The van der Waals surface area contributed by atoms with Crippen molar-refractivity contribution in [3.63, 3.8) is 0 Å². The van der Waals surface area contributed by atoms with Crippen LogP contribution in [0, 0.1) is 11.8 Å². The van der Waals surface area contributed by atoms with Crippen LogP contribution in [-0.2, 0) is 48.4 Å². The average molecular weight is 919 g/mol. The molecule has 4 atom stereocenters. The summed E-state index contributed by atoms with van der Waals surface area (Å²) in [6, 6.07) is 38.9. The van der Waals surface area contributed by atoms with Crippen LogP contribution in [0.25, 0.3) is 0 Å². The first-order valence-corrected chi connectivity index (χ1v) is 26.4. The summed E-state index contributed by atoms with van der Waals surface area (Å²) in [6.07, 6.45) is 20.1. The monoisotopic (exact) mass is 919 g/mol. The van der Waals surface area contributed by atoms with Crippen LogP contribution in [0.1, 0.15) is 164 Å². The number of fused-ring (bicyclic) bond motifs is 2. The summed E-state index contributed by atoms with van der Waals surface area (Å²) in [5.74, 6) is 0.981. The van der Waals surface area contributed by atoms with Gasteiger partial charge in [0.05, 0.1) is 24.7 Å². The molecule has 0 radical (unpaired) electrons. The summed E-state index contributed by atoms with van der Waals surface area (Å²) in [7, 11) is 0. The number of aryl methyl sites for hydroxylation is 4. The molecule has 2 amide bonds. The molecule has 2 fully saturated rings. The van der Waals surface area contributed by atoms with Gasteiger partial charge in [-0.3, -0.25) is 9.59 Å². The Hall–Kier alpha value is -5.76. The number of carbonyl (C=O) groups is 2. The molecule has 10 rings (SSSR count). The predicted molar refractivity (Wildman–Crippen MR) is 281 cm³/mol. The van der Waals surface area contributed by atoms with Crippen molar-refractivity contribution >= 4 is 11.8 Å². The normalized spacial score (nSPS) is 18.9. The maximum absolute atomic E-state index is 13.3. The third-order valence-electron chi connectivity index (χ3n) is 13.6. The Labute approximate surface area is 410 Å². The Morgan fingerprint density at radius 2 is 0.838 bits per heavy atom. The molecule has 8 heteroatoms. The number of hydrogen-bond donors (Lipinski definition) is 0. The lowest BCUT2D eigenvalue weighted by atomic mass is 9.87. The van der Waals surface area contributed by atoms with Crippen LogP contribution < -0.4 is 0 Å². The first-order chi connectivity index (χ1) is 33.6. The smallest absolute Gasteiger partial charge is 0.226 e. The minimum absolute atomic E-state index is 0.138. The summed E-state index contributed by atoms with van der Waals surface area (Å²) in [5, 5.41) is 0. The van der Waals surface area contributed by atoms with E-state index in [0.29, 0.717) is 11.8 Å². The van der Waals surface area contributed by atoms with Crippen molar-refractivity contribution < 1.29 is 9.59 Å². The van der Waals surface area contributed by atoms with Gasteiger partial charge < -0.3 is 18.9 Å². The standard InChI is InChI=1S/2C26H29N3O.4C2H6/c2*30-26-22(13-14-23-17-27-19-28(23)18-20-7-2-1-3-8-20)15-16-29(26)25-12-6-10-21-9-4-5-11-24(21)25;4*1-2/h2*1-5,7-9,11,17,19,22,25H,6,10,12-16,18H2;4*1-2H3/t2*22-,25+;;;;/m00..../s1. The summed E-state index contributed by atoms with van der Waals surface area (Å²) < 4.78 is 4.42. The van der Waals surface area contributed by atoms with Crippen molar-refractivity contribution in [1.82, 2.24) is 28.9 Å². The van der Waals surface area contributed by atoms with Crippen LogP contribution in [0.5, 0.6) is 0 Å². The second-order valence-corrected chi connectivity index (χ2v) is 17.3. The maximum atomic E-state index is 13.3. The number of hydrogen-bond acceptors (Lipinski definition) is 4. The van der Waals surface area contributed by atoms with Gasteiger partial charge in [-0.1, -0.05) is 165 Å². The molecule has 4 aliphatic rings. The Morgan fingerprint density at radius 1 is 0.471 bits per heavy atom. The maximum Gasteiger partial charge on any atom is 0.226 e. The lowest BCUT2D eigenvalue weighted by Crippen LogP contribution is -2.34. The van der Waals surface area contributed by atoms with Crippen LogP contribution in [0.15, 0.2) is 134 Å². The first kappa shape index (κ1) is 53.2. The van der Waals surface area contributed by atoms with Crippen LogP contribution in [0.3, 0.4) is 0 Å². The molecule has 4 heterocycles. The summed E-state index contributed by atoms with van der Waals surface area (Å²) in [4.78, 5) is 39.6. The van der Waals surface area contributed by atoms with Crippen LogP contribution in [0.4, 0.5) is 0 Å². The van der Waals surface area contributed by atoms with E-state index in [2.05, 4.69) is 126 Å². The Balaban J connectivity index is 0.000000222. The number of amides is 2. The topological polar surface area (TPSA) is 76.3 Å². The molecule has 2 aliphatic carbocycles. The number of likely N-dealkylation sites (tertiary alicyclic amines) is 2. The number of nitrogens with zero attached hydrogens (tertiary/aromatic N) is 6. The molecule has 4 aromatic carbocycles. The minimum Gasteiger partial charge on any atom is -0.335 e. The van der Waals surface area contributed by atoms with Gasteiger partial charge >= 0.3 is 0 Å². The summed E-state index contributed by atoms with van der Waals surface area (Å²) in [5.41, 5.74) is 10.6. The van der Waals surface area contributed by atoms with Gasteiger partial charge in [-0.25, -0.2) is 9.97 Å². The van der Waals surface area contributed by atoms with E-state index in [1.54, 1.807) is 0 Å². The molecule has 8 nitrogen and oxygen atoms in total. The molecular weight excluding hydrogens is 837 g/mol. The van der Waals surface area contributed by atoms with Crippen molar-refractivity contribution in [3.8, 4) is 0 Å². The molecule has 0 bridgehead atoms. The molecule has 2 aliphatic heterocycles. The number of imidazole rings is 2. The second kappa shape index (κ2) is 28.5. The highest BCUT2D eigenvalue weighted by atomic mass is 16.2. The van der Waals surface area contributed by atoms with E-state index in [9.17, 15) is 9.59 Å². The van der Waals surface area contributed by atoms with E-state index in [-0.39, 0.29) is 23.9 Å². The molecule has 2 aromatic heterocycles. The molecule has 364 valence electrons. The molecule has 6 aromatic rings. The quantitative estimate of drug-likeness (QED) is 0.123. The van der Waals surface area contributed by atoms with E-state index in [4.69, 9.17) is 0 Å². The van der Waals surface area contributed by atoms with Crippen LogP contribution in [-0.4, -0.2) is 53.8 Å². The zero-order chi connectivity index (χ0) is 48.7. The highest BCUT2D eigenvalue weighted by Gasteiger charge is 2.39. The SMILES string of the molecule is CC.CC.CC.CC.O=C1[C@@H](CCc2cncn2Cc2ccccc2)CCN1[C@@H]1CCCc2ccccc21.O=C1[C@@H](CCc2cncn2Cc2ccccc2)CCN1[C@@H]1CCCc2ccccc21. The van der Waals surface area contributed by atoms with E-state index >= 15 is 0 Å². The zero-order valence-corrected chi connectivity index (χ0v) is 42.8. The predicted octanol–water partition coefficient (Wildman–Crippen LogP) is 13.7. The second-order valence-electron chi connectivity index (χ2n) is 17.3. The minimum atomic E-state index is 0.138. The van der Waals surface area contributed by atoms with Gasteiger partial charge in [0.1, 0.15) is 0 Å². The fourth-order valence-electron chi connectivity index (χ4n) is 10.4. The van der Waals surface area contributed by atoms with Crippen molar-refractivity contribution in [3.05, 3.63) is 179 Å². The lowest BCUT2D eigenvalue weighted by molar-refractivity contribution is -0.134. The number of benzene rings is 4. The zero-order valence-electron chi connectivity index (χ0n) is 42.8. The fourth-order valence-corrected chi connectivity index (χ4v) is 10.4. The largest absolute Gasteiger partial charge is 0.335 e. The number of carbonyl (C=O) groups excluding carboxylic acids is 2. The van der Waals surface area contributed by atoms with Crippen LogP contribution in [0.2, 0.25) is 0 Å². The highest BCUT2D eigenvalue weighted by molar-refractivity contribution is 5.82. The van der Waals surface area contributed by atoms with Gasteiger partial charge in [-0.15, -0.1) is 0 Å². The average Bonchev–Trinajstić information content (AvgIpc) is 4.23. The molecule has 0 unspecified atom stereocenters. The van der Waals surface area contributed by atoms with E-state index < -0.39 is 0 Å². The van der Waals surface area contributed by atoms with Gasteiger partial charge in [0, 0.05) is 61.8 Å². The summed E-state index contributed by atoms with van der Waals surface area (Å²) in [6.45, 7) is 19.5. The van der Waals surface area contributed by atoms with Crippen molar-refractivity contribution in [1.29, 1.82) is 0 Å². The molecule has 2 saturated heterocycles. The van der Waals surface area contributed by atoms with E-state index in [0.717, 1.165) is 90.4 Å². The Bertz CT molecular complexity index is 2190. The van der Waals surface area contributed by atoms with Crippen molar-refractivity contribution in [2.24, 2.45) is 11.8 Å². The van der Waals surface area contributed by atoms with Crippen molar-refractivity contribution in [2.75, 3.05) is 13.1 Å².